The Morgan fingerprint density at radius 3 is 2.52 bits per heavy atom. The predicted molar refractivity (Wildman–Crippen MR) is 178 cm³/mol. The van der Waals surface area contributed by atoms with Crippen LogP contribution in [0.1, 0.15) is 45.4 Å². The maximum atomic E-state index is 6.43. The summed E-state index contributed by atoms with van der Waals surface area (Å²) in [6.07, 6.45) is 13.9. The van der Waals surface area contributed by atoms with Crippen LogP contribution in [0.15, 0.2) is 67.3 Å². The summed E-state index contributed by atoms with van der Waals surface area (Å²) in [5.41, 5.74) is 4.55. The number of ether oxygens (including phenoxy) is 4. The van der Waals surface area contributed by atoms with Crippen molar-refractivity contribution in [1.82, 2.24) is 24.7 Å². The Morgan fingerprint density at radius 2 is 1.70 bits per heavy atom. The molecule has 46 heavy (non-hydrogen) atoms. The normalized spacial score (nSPS) is 18.6. The molecule has 2 fully saturated rings. The lowest BCUT2D eigenvalue weighted by molar-refractivity contribution is -0.102. The molecule has 0 unspecified atom stereocenters. The average Bonchev–Trinajstić information content (AvgIpc) is 3.37. The van der Waals surface area contributed by atoms with Crippen molar-refractivity contribution in [3.05, 3.63) is 67.3 Å². The van der Waals surface area contributed by atoms with Crippen molar-refractivity contribution in [2.24, 2.45) is 7.05 Å². The summed E-state index contributed by atoms with van der Waals surface area (Å²) in [5.74, 6) is 2.24. The van der Waals surface area contributed by atoms with Gasteiger partial charge in [0.25, 0.3) is 0 Å². The molecule has 7 rings (SSSR count). The first-order chi connectivity index (χ1) is 22.6. The molecule has 2 aliphatic rings. The Bertz CT molecular complexity index is 1750. The second-order valence-corrected chi connectivity index (χ2v) is 12.3. The van der Waals surface area contributed by atoms with E-state index in [9.17, 15) is 0 Å². The number of benzene rings is 1. The van der Waals surface area contributed by atoms with Crippen LogP contribution in [0.2, 0.25) is 0 Å². The number of pyridine rings is 2. The second kappa shape index (κ2) is 14.0. The summed E-state index contributed by atoms with van der Waals surface area (Å²) >= 11 is 0. The van der Waals surface area contributed by atoms with E-state index in [0.29, 0.717) is 19.1 Å². The van der Waals surface area contributed by atoms with Gasteiger partial charge in [-0.1, -0.05) is 25.5 Å². The van der Waals surface area contributed by atoms with Crippen LogP contribution in [0, 0.1) is 0 Å². The molecule has 10 nitrogen and oxygen atoms in total. The highest BCUT2D eigenvalue weighted by atomic mass is 16.5. The summed E-state index contributed by atoms with van der Waals surface area (Å²) in [5, 5.41) is 10.9. The number of piperidine rings is 1. The largest absolute Gasteiger partial charge is 0.489 e. The van der Waals surface area contributed by atoms with E-state index in [1.54, 1.807) is 6.20 Å². The molecule has 1 saturated carbocycles. The van der Waals surface area contributed by atoms with Gasteiger partial charge in [0.15, 0.2) is 5.82 Å². The highest BCUT2D eigenvalue weighted by Crippen LogP contribution is 2.33. The first-order valence-electron chi connectivity index (χ1n) is 16.5. The monoisotopic (exact) mass is 622 g/mol. The molecule has 0 radical (unpaired) electrons. The molecule has 0 spiro atoms. The molecular weight excluding hydrogens is 580 g/mol. The molecule has 4 aromatic heterocycles. The third-order valence-corrected chi connectivity index (χ3v) is 9.12. The van der Waals surface area contributed by atoms with Crippen LogP contribution in [0.3, 0.4) is 0 Å². The molecule has 0 atom stereocenters. The van der Waals surface area contributed by atoms with Gasteiger partial charge in [-0.15, -0.1) is 5.10 Å². The Kier molecular flexibility index (Phi) is 9.25. The summed E-state index contributed by atoms with van der Waals surface area (Å²) < 4.78 is 26.2. The first kappa shape index (κ1) is 30.4. The average molecular weight is 623 g/mol. The molecule has 1 aliphatic carbocycles. The second-order valence-electron chi connectivity index (χ2n) is 12.3. The zero-order chi connectivity index (χ0) is 31.3. The number of aryl methyl sites for hydroxylation is 1. The van der Waals surface area contributed by atoms with Gasteiger partial charge in [0.2, 0.25) is 5.88 Å². The van der Waals surface area contributed by atoms with Gasteiger partial charge in [-0.05, 0) is 43.0 Å². The van der Waals surface area contributed by atoms with Crippen molar-refractivity contribution in [3.8, 4) is 22.8 Å². The Hall–Kier alpha value is -4.28. The molecule has 0 amide bonds. The van der Waals surface area contributed by atoms with Crippen molar-refractivity contribution >= 4 is 27.6 Å². The number of fused-ring (bicyclic) bond motifs is 3. The van der Waals surface area contributed by atoms with Crippen LogP contribution in [0.5, 0.6) is 11.6 Å². The molecule has 0 N–H and O–H groups in total. The summed E-state index contributed by atoms with van der Waals surface area (Å²) in [7, 11) is 2.10. The van der Waals surface area contributed by atoms with Gasteiger partial charge in [0.1, 0.15) is 18.5 Å². The zero-order valence-electron chi connectivity index (χ0n) is 26.7. The van der Waals surface area contributed by atoms with Crippen LogP contribution < -0.4 is 14.4 Å². The third kappa shape index (κ3) is 6.78. The molecule has 5 heterocycles. The van der Waals surface area contributed by atoms with Gasteiger partial charge in [-0.2, -0.15) is 5.10 Å². The van der Waals surface area contributed by atoms with Crippen molar-refractivity contribution in [2.45, 2.75) is 63.8 Å². The van der Waals surface area contributed by atoms with E-state index >= 15 is 0 Å². The summed E-state index contributed by atoms with van der Waals surface area (Å²) in [6, 6.07) is 14.6. The standard InChI is InChI=1S/C36H42N6O4/c1-3-4-15-43-16-17-44-30-21-35(40-39-23-30)42-13-10-27(11-14-42)45-28-19-29(20-28)46-36-8-6-26(22-38-36)25-5-7-31-32-24-37-12-9-33(32)41(2)34(31)18-25/h5-9,12,18,21-24,27-29H,3-4,10-11,13-17,19-20H2,1-2H3. The Morgan fingerprint density at radius 1 is 0.826 bits per heavy atom. The third-order valence-electron chi connectivity index (χ3n) is 9.12. The van der Waals surface area contributed by atoms with Gasteiger partial charge < -0.3 is 28.4 Å². The van der Waals surface area contributed by atoms with E-state index in [2.05, 4.69) is 73.9 Å². The Balaban J connectivity index is 0.844. The van der Waals surface area contributed by atoms with E-state index in [1.165, 1.54) is 21.8 Å². The van der Waals surface area contributed by atoms with Crippen LogP contribution >= 0.6 is 0 Å². The fourth-order valence-corrected chi connectivity index (χ4v) is 6.38. The minimum absolute atomic E-state index is 0.138. The van der Waals surface area contributed by atoms with E-state index in [-0.39, 0.29) is 18.3 Å². The number of aromatic nitrogens is 5. The van der Waals surface area contributed by atoms with E-state index in [1.807, 2.05) is 30.7 Å². The van der Waals surface area contributed by atoms with E-state index in [0.717, 1.165) is 80.9 Å². The number of rotatable bonds is 13. The minimum Gasteiger partial charge on any atom is -0.489 e. The topological polar surface area (TPSA) is 96.7 Å². The summed E-state index contributed by atoms with van der Waals surface area (Å²) in [6.45, 7) is 5.80. The van der Waals surface area contributed by atoms with Crippen LogP contribution in [-0.4, -0.2) is 76.0 Å². The van der Waals surface area contributed by atoms with Crippen molar-refractivity contribution in [3.63, 3.8) is 0 Å². The molecule has 1 saturated heterocycles. The molecular formula is C36H42N6O4. The van der Waals surface area contributed by atoms with Gasteiger partial charge in [-0.3, -0.25) is 4.98 Å². The summed E-state index contributed by atoms with van der Waals surface area (Å²) in [4.78, 5) is 11.2. The molecule has 0 bridgehead atoms. The van der Waals surface area contributed by atoms with Crippen molar-refractivity contribution in [1.29, 1.82) is 0 Å². The SMILES string of the molecule is CCCCOCCOc1cnnc(N2CCC(OC3CC(Oc4ccc(-c5ccc6c7cnccc7n(C)c6c5)cn4)C3)CC2)c1. The number of anilines is 1. The predicted octanol–water partition coefficient (Wildman–Crippen LogP) is 6.37. The van der Waals surface area contributed by atoms with Gasteiger partial charge in [0.05, 0.1) is 30.5 Å². The smallest absolute Gasteiger partial charge is 0.213 e. The Labute approximate surface area is 269 Å². The molecule has 240 valence electrons. The fourth-order valence-electron chi connectivity index (χ4n) is 6.38. The highest BCUT2D eigenvalue weighted by molar-refractivity contribution is 6.08. The maximum Gasteiger partial charge on any atom is 0.213 e. The van der Waals surface area contributed by atoms with Gasteiger partial charge in [0, 0.05) is 92.2 Å². The quantitative estimate of drug-likeness (QED) is 0.139. The van der Waals surface area contributed by atoms with Gasteiger partial charge >= 0.3 is 0 Å². The van der Waals surface area contributed by atoms with Crippen molar-refractivity contribution in [2.75, 3.05) is 37.8 Å². The van der Waals surface area contributed by atoms with Crippen LogP contribution in [-0.2, 0) is 16.5 Å². The van der Waals surface area contributed by atoms with Crippen molar-refractivity contribution < 1.29 is 18.9 Å². The van der Waals surface area contributed by atoms with E-state index in [4.69, 9.17) is 18.9 Å². The lowest BCUT2D eigenvalue weighted by atomic mass is 9.91. The first-order valence-corrected chi connectivity index (χ1v) is 16.5. The number of hydrogen-bond acceptors (Lipinski definition) is 9. The van der Waals surface area contributed by atoms with E-state index < -0.39 is 0 Å². The minimum atomic E-state index is 0.138. The number of hydrogen-bond donors (Lipinski definition) is 0. The van der Waals surface area contributed by atoms with Crippen LogP contribution in [0.25, 0.3) is 32.9 Å². The highest BCUT2D eigenvalue weighted by Gasteiger charge is 2.35. The molecule has 1 aliphatic heterocycles. The number of nitrogens with zero attached hydrogens (tertiary/aromatic N) is 6. The zero-order valence-corrected chi connectivity index (χ0v) is 26.7. The lowest BCUT2D eigenvalue weighted by Crippen LogP contribution is -2.44. The van der Waals surface area contributed by atoms with Crippen LogP contribution in [0.4, 0.5) is 5.82 Å². The lowest BCUT2D eigenvalue weighted by Gasteiger charge is -2.39. The van der Waals surface area contributed by atoms with Gasteiger partial charge in [-0.25, -0.2) is 4.98 Å². The fraction of sp³-hybridized carbons (Fsp3) is 0.444. The maximum absolute atomic E-state index is 6.43. The number of unbranched alkanes of at least 4 members (excludes halogenated alkanes) is 1. The molecule has 1 aromatic carbocycles. The molecule has 10 heteroatoms. The molecule has 5 aromatic rings.